The zero-order valence-corrected chi connectivity index (χ0v) is 10.5. The Bertz CT molecular complexity index is 388. The minimum atomic E-state index is -0.634. The molecule has 0 unspecified atom stereocenters. The number of hydrogen-bond acceptors (Lipinski definition) is 3. The maximum Gasteiger partial charge on any atom is 0.241 e. The molecule has 1 rings (SSSR count). The van der Waals surface area contributed by atoms with Gasteiger partial charge in [-0.25, -0.2) is 4.39 Å². The first-order valence-electron chi connectivity index (χ1n) is 4.98. The van der Waals surface area contributed by atoms with Gasteiger partial charge >= 0.3 is 0 Å². The number of carbonyl (C=O) groups is 1. The van der Waals surface area contributed by atoms with Gasteiger partial charge in [0.2, 0.25) is 5.91 Å². The molecule has 4 nitrogen and oxygen atoms in total. The van der Waals surface area contributed by atoms with E-state index >= 15 is 0 Å². The molecule has 1 atom stereocenters. The zero-order chi connectivity index (χ0) is 12.1. The molecular formula is C11H16ClFN2O2. The molecule has 1 amide bonds. The normalized spacial score (nSPS) is 11.3. The van der Waals surface area contributed by atoms with Crippen LogP contribution >= 0.6 is 12.4 Å². The second kappa shape index (κ2) is 7.09. The fourth-order valence-corrected chi connectivity index (χ4v) is 1.14. The number of nitrogens with two attached hydrogens (primary N) is 1. The lowest BCUT2D eigenvalue weighted by atomic mass is 10.2. The van der Waals surface area contributed by atoms with Crippen LogP contribution < -0.4 is 15.8 Å². The van der Waals surface area contributed by atoms with Gasteiger partial charge in [0.25, 0.3) is 0 Å². The lowest BCUT2D eigenvalue weighted by molar-refractivity contribution is -0.117. The summed E-state index contributed by atoms with van der Waals surface area (Å²) < 4.78 is 18.3. The van der Waals surface area contributed by atoms with Gasteiger partial charge in [-0.15, -0.1) is 12.4 Å². The standard InChI is InChI=1S/C11H15FN2O2.ClH/c1-3-9(13)11(15)14-10-6-7(16-2)4-5-8(10)12;/h4-6,9H,3,13H2,1-2H3,(H,14,15);1H/t9-;/m0./s1. The topological polar surface area (TPSA) is 64.4 Å². The Hall–Kier alpha value is -1.33. The minimum Gasteiger partial charge on any atom is -0.497 e. The molecule has 1 aromatic rings. The summed E-state index contributed by atoms with van der Waals surface area (Å²) >= 11 is 0. The van der Waals surface area contributed by atoms with Crippen LogP contribution in [0.5, 0.6) is 5.75 Å². The minimum absolute atomic E-state index is 0. The molecule has 0 radical (unpaired) electrons. The van der Waals surface area contributed by atoms with E-state index in [2.05, 4.69) is 5.32 Å². The molecule has 0 heterocycles. The lowest BCUT2D eigenvalue weighted by Gasteiger charge is -2.11. The van der Waals surface area contributed by atoms with Crippen molar-refractivity contribution in [3.8, 4) is 5.75 Å². The second-order valence-electron chi connectivity index (χ2n) is 3.35. The van der Waals surface area contributed by atoms with E-state index in [0.717, 1.165) is 0 Å². The SMILES string of the molecule is CC[C@H](N)C(=O)Nc1cc(OC)ccc1F.Cl. The van der Waals surface area contributed by atoms with E-state index in [0.29, 0.717) is 12.2 Å². The second-order valence-corrected chi connectivity index (χ2v) is 3.35. The van der Waals surface area contributed by atoms with Crippen LogP contribution in [0.1, 0.15) is 13.3 Å². The summed E-state index contributed by atoms with van der Waals surface area (Å²) in [7, 11) is 1.47. The summed E-state index contributed by atoms with van der Waals surface area (Å²) in [4.78, 5) is 11.5. The van der Waals surface area contributed by atoms with Crippen LogP contribution in [-0.2, 0) is 4.79 Å². The fraction of sp³-hybridized carbons (Fsp3) is 0.364. The van der Waals surface area contributed by atoms with Gasteiger partial charge in [0.05, 0.1) is 18.8 Å². The van der Waals surface area contributed by atoms with Crippen molar-refractivity contribution in [2.75, 3.05) is 12.4 Å². The predicted molar refractivity (Wildman–Crippen MR) is 67.1 cm³/mol. The number of halogens is 2. The van der Waals surface area contributed by atoms with Gasteiger partial charge in [-0.3, -0.25) is 4.79 Å². The van der Waals surface area contributed by atoms with Crippen molar-refractivity contribution in [2.24, 2.45) is 5.73 Å². The molecule has 3 N–H and O–H groups in total. The third-order valence-corrected chi connectivity index (χ3v) is 2.21. The molecule has 0 aliphatic carbocycles. The molecule has 96 valence electrons. The van der Waals surface area contributed by atoms with Crippen molar-refractivity contribution in [1.29, 1.82) is 0 Å². The molecular weight excluding hydrogens is 247 g/mol. The number of ether oxygens (including phenoxy) is 1. The van der Waals surface area contributed by atoms with E-state index in [1.165, 1.54) is 25.3 Å². The van der Waals surface area contributed by atoms with Gasteiger partial charge < -0.3 is 15.8 Å². The van der Waals surface area contributed by atoms with E-state index in [4.69, 9.17) is 10.5 Å². The molecule has 0 saturated heterocycles. The van der Waals surface area contributed by atoms with E-state index in [1.54, 1.807) is 6.92 Å². The van der Waals surface area contributed by atoms with Crippen molar-refractivity contribution < 1.29 is 13.9 Å². The van der Waals surface area contributed by atoms with E-state index in [9.17, 15) is 9.18 Å². The van der Waals surface area contributed by atoms with Crippen molar-refractivity contribution in [3.63, 3.8) is 0 Å². The maximum absolute atomic E-state index is 13.3. The Labute approximate surface area is 106 Å². The molecule has 6 heteroatoms. The smallest absolute Gasteiger partial charge is 0.241 e. The van der Waals surface area contributed by atoms with Gasteiger partial charge in [0.15, 0.2) is 0 Å². The van der Waals surface area contributed by atoms with Crippen LogP contribution in [0.2, 0.25) is 0 Å². The molecule has 17 heavy (non-hydrogen) atoms. The molecule has 0 aliphatic heterocycles. The van der Waals surface area contributed by atoms with Gasteiger partial charge in [-0.05, 0) is 18.6 Å². The summed E-state index contributed by atoms with van der Waals surface area (Å²) in [5, 5.41) is 2.42. The Kier molecular flexibility index (Phi) is 6.53. The first-order chi connectivity index (χ1) is 7.58. The van der Waals surface area contributed by atoms with Crippen molar-refractivity contribution >= 4 is 24.0 Å². The lowest BCUT2D eigenvalue weighted by Crippen LogP contribution is -2.35. The third-order valence-electron chi connectivity index (χ3n) is 2.21. The quantitative estimate of drug-likeness (QED) is 0.872. The average molecular weight is 263 g/mol. The molecule has 1 aromatic carbocycles. The van der Waals surface area contributed by atoms with Crippen LogP contribution in [0.3, 0.4) is 0 Å². The highest BCUT2D eigenvalue weighted by Crippen LogP contribution is 2.21. The Morgan fingerprint density at radius 1 is 1.59 bits per heavy atom. The largest absolute Gasteiger partial charge is 0.497 e. The average Bonchev–Trinajstić information content (AvgIpc) is 2.30. The summed E-state index contributed by atoms with van der Waals surface area (Å²) in [6, 6.07) is 3.48. The first-order valence-corrected chi connectivity index (χ1v) is 4.98. The number of carbonyl (C=O) groups excluding carboxylic acids is 1. The molecule has 0 spiro atoms. The molecule has 0 saturated carbocycles. The predicted octanol–water partition coefficient (Wildman–Crippen LogP) is 1.93. The molecule has 0 aromatic heterocycles. The van der Waals surface area contributed by atoms with Gasteiger partial charge in [-0.2, -0.15) is 0 Å². The van der Waals surface area contributed by atoms with Crippen LogP contribution in [-0.4, -0.2) is 19.1 Å². The zero-order valence-electron chi connectivity index (χ0n) is 9.70. The third kappa shape index (κ3) is 4.20. The van der Waals surface area contributed by atoms with Crippen molar-refractivity contribution in [3.05, 3.63) is 24.0 Å². The van der Waals surface area contributed by atoms with E-state index in [1.807, 2.05) is 0 Å². The monoisotopic (exact) mass is 262 g/mol. The summed E-state index contributed by atoms with van der Waals surface area (Å²) in [6.45, 7) is 1.78. The summed E-state index contributed by atoms with van der Waals surface area (Å²) in [5.74, 6) is -0.450. The molecule has 0 aliphatic rings. The molecule has 0 bridgehead atoms. The maximum atomic E-state index is 13.3. The van der Waals surface area contributed by atoms with E-state index in [-0.39, 0.29) is 18.1 Å². The van der Waals surface area contributed by atoms with Crippen LogP contribution in [0.4, 0.5) is 10.1 Å². The number of anilines is 1. The van der Waals surface area contributed by atoms with Gasteiger partial charge in [0, 0.05) is 6.07 Å². The Morgan fingerprint density at radius 3 is 2.76 bits per heavy atom. The van der Waals surface area contributed by atoms with Crippen molar-refractivity contribution in [2.45, 2.75) is 19.4 Å². The summed E-state index contributed by atoms with van der Waals surface area (Å²) in [6.07, 6.45) is 0.497. The number of benzene rings is 1. The highest BCUT2D eigenvalue weighted by molar-refractivity contribution is 5.94. The summed E-state index contributed by atoms with van der Waals surface area (Å²) in [5.41, 5.74) is 5.60. The van der Waals surface area contributed by atoms with Gasteiger partial charge in [-0.1, -0.05) is 6.92 Å². The number of rotatable bonds is 4. The Balaban J connectivity index is 0.00000256. The van der Waals surface area contributed by atoms with Crippen molar-refractivity contribution in [1.82, 2.24) is 0 Å². The van der Waals surface area contributed by atoms with Crippen LogP contribution in [0.25, 0.3) is 0 Å². The van der Waals surface area contributed by atoms with Gasteiger partial charge in [0.1, 0.15) is 11.6 Å². The number of hydrogen-bond donors (Lipinski definition) is 2. The van der Waals surface area contributed by atoms with Crippen LogP contribution in [0, 0.1) is 5.82 Å². The Morgan fingerprint density at radius 2 is 2.24 bits per heavy atom. The number of methoxy groups -OCH3 is 1. The fourth-order valence-electron chi connectivity index (χ4n) is 1.14. The number of amides is 1. The molecule has 0 fully saturated rings. The highest BCUT2D eigenvalue weighted by Gasteiger charge is 2.13. The number of nitrogens with one attached hydrogen (secondary N) is 1. The van der Waals surface area contributed by atoms with E-state index < -0.39 is 17.8 Å². The highest BCUT2D eigenvalue weighted by atomic mass is 35.5. The van der Waals surface area contributed by atoms with Crippen LogP contribution in [0.15, 0.2) is 18.2 Å². The first kappa shape index (κ1) is 15.7.